The monoisotopic (exact) mass is 435 g/mol. The summed E-state index contributed by atoms with van der Waals surface area (Å²) in [5.74, 6) is -1.31. The molecule has 1 fully saturated rings. The van der Waals surface area contributed by atoms with Crippen LogP contribution in [0.4, 0.5) is 5.69 Å². The molecule has 0 aliphatic carbocycles. The van der Waals surface area contributed by atoms with Crippen LogP contribution >= 0.6 is 0 Å². The van der Waals surface area contributed by atoms with Crippen molar-refractivity contribution in [2.24, 2.45) is 0 Å². The van der Waals surface area contributed by atoms with Gasteiger partial charge in [0.15, 0.2) is 0 Å². The number of nitrogens with zero attached hydrogens (tertiary/aromatic N) is 3. The Bertz CT molecular complexity index is 1040. The van der Waals surface area contributed by atoms with E-state index in [1.54, 1.807) is 11.0 Å². The van der Waals surface area contributed by atoms with E-state index in [2.05, 4.69) is 0 Å². The van der Waals surface area contributed by atoms with Gasteiger partial charge in [-0.05, 0) is 75.8 Å². The summed E-state index contributed by atoms with van der Waals surface area (Å²) in [6.45, 7) is 5.19. The van der Waals surface area contributed by atoms with Crippen LogP contribution in [0.25, 0.3) is 5.76 Å². The summed E-state index contributed by atoms with van der Waals surface area (Å²) in [5, 5.41) is 11.2. The first-order chi connectivity index (χ1) is 15.1. The number of likely N-dealkylation sites (tertiary alicyclic amines) is 1. The van der Waals surface area contributed by atoms with Crippen molar-refractivity contribution in [3.8, 4) is 0 Å². The van der Waals surface area contributed by atoms with Gasteiger partial charge in [-0.25, -0.2) is 0 Å². The largest absolute Gasteiger partial charge is 0.507 e. The molecule has 6 nitrogen and oxygen atoms in total. The minimum absolute atomic E-state index is 0.122. The summed E-state index contributed by atoms with van der Waals surface area (Å²) >= 11 is 0. The van der Waals surface area contributed by atoms with Crippen molar-refractivity contribution in [2.75, 3.05) is 46.2 Å². The quantitative estimate of drug-likeness (QED) is 0.408. The van der Waals surface area contributed by atoms with Crippen LogP contribution in [0.1, 0.15) is 34.7 Å². The molecule has 0 aromatic heterocycles. The Morgan fingerprint density at radius 3 is 2.19 bits per heavy atom. The Labute approximate surface area is 190 Å². The second kappa shape index (κ2) is 9.57. The summed E-state index contributed by atoms with van der Waals surface area (Å²) in [6, 6.07) is 12.7. The van der Waals surface area contributed by atoms with Gasteiger partial charge < -0.3 is 19.8 Å². The van der Waals surface area contributed by atoms with E-state index in [1.807, 2.05) is 88.2 Å². The molecular formula is C26H33N3O3. The highest BCUT2D eigenvalue weighted by molar-refractivity contribution is 6.46. The first kappa shape index (κ1) is 23.5. The molecule has 170 valence electrons. The fraction of sp³-hybridized carbons (Fsp3) is 0.385. The molecule has 0 spiro atoms. The van der Waals surface area contributed by atoms with E-state index in [0.717, 1.165) is 35.3 Å². The molecule has 1 saturated heterocycles. The number of Topliss-reactive ketones (excluding diaryl/α,β-unsaturated/α-hetero) is 1. The maximum Gasteiger partial charge on any atom is 0.295 e. The first-order valence-corrected chi connectivity index (χ1v) is 10.9. The van der Waals surface area contributed by atoms with Gasteiger partial charge in [-0.1, -0.05) is 24.3 Å². The molecule has 6 heteroatoms. The number of benzene rings is 2. The van der Waals surface area contributed by atoms with Crippen molar-refractivity contribution < 1.29 is 14.7 Å². The normalized spacial score (nSPS) is 18.0. The third-order valence-corrected chi connectivity index (χ3v) is 6.05. The minimum Gasteiger partial charge on any atom is -0.507 e. The molecule has 0 saturated carbocycles. The van der Waals surface area contributed by atoms with E-state index in [0.29, 0.717) is 12.1 Å². The highest BCUT2D eigenvalue weighted by Gasteiger charge is 2.45. The zero-order valence-corrected chi connectivity index (χ0v) is 19.8. The average Bonchev–Trinajstić information content (AvgIpc) is 3.00. The highest BCUT2D eigenvalue weighted by Crippen LogP contribution is 2.40. The maximum atomic E-state index is 13.1. The molecule has 2 aromatic rings. The first-order valence-electron chi connectivity index (χ1n) is 10.9. The lowest BCUT2D eigenvalue weighted by atomic mass is 9.94. The molecule has 1 atom stereocenters. The van der Waals surface area contributed by atoms with Gasteiger partial charge in [0.25, 0.3) is 11.7 Å². The summed E-state index contributed by atoms with van der Waals surface area (Å²) in [4.78, 5) is 31.8. The fourth-order valence-electron chi connectivity index (χ4n) is 4.01. The van der Waals surface area contributed by atoms with Crippen molar-refractivity contribution in [1.82, 2.24) is 9.80 Å². The van der Waals surface area contributed by atoms with Gasteiger partial charge in [0.1, 0.15) is 5.76 Å². The lowest BCUT2D eigenvalue weighted by Gasteiger charge is -2.26. The van der Waals surface area contributed by atoms with Crippen molar-refractivity contribution in [2.45, 2.75) is 26.3 Å². The Kier molecular flexibility index (Phi) is 7.04. The third-order valence-electron chi connectivity index (χ3n) is 6.05. The van der Waals surface area contributed by atoms with Crippen molar-refractivity contribution in [3.63, 3.8) is 0 Å². The zero-order chi connectivity index (χ0) is 23.6. The molecule has 0 radical (unpaired) electrons. The number of carbonyl (C=O) groups is 2. The number of rotatable bonds is 7. The Balaban J connectivity index is 2.10. The lowest BCUT2D eigenvalue weighted by Crippen LogP contribution is -2.32. The third kappa shape index (κ3) is 4.70. The molecule has 1 aliphatic heterocycles. The van der Waals surface area contributed by atoms with Crippen LogP contribution in [0.5, 0.6) is 0 Å². The van der Waals surface area contributed by atoms with Gasteiger partial charge in [0, 0.05) is 31.9 Å². The molecule has 1 heterocycles. The smallest absolute Gasteiger partial charge is 0.295 e. The topological polar surface area (TPSA) is 64.1 Å². The number of aryl methyl sites for hydroxylation is 2. The maximum absolute atomic E-state index is 13.1. The number of hydrogen-bond acceptors (Lipinski definition) is 5. The molecular weight excluding hydrogens is 402 g/mol. The molecule has 32 heavy (non-hydrogen) atoms. The van der Waals surface area contributed by atoms with Crippen LogP contribution in [0.15, 0.2) is 48.0 Å². The van der Waals surface area contributed by atoms with Crippen molar-refractivity contribution in [3.05, 3.63) is 70.3 Å². The fourth-order valence-corrected chi connectivity index (χ4v) is 4.01. The van der Waals surface area contributed by atoms with Crippen molar-refractivity contribution in [1.29, 1.82) is 0 Å². The predicted octanol–water partition coefficient (Wildman–Crippen LogP) is 3.74. The van der Waals surface area contributed by atoms with Gasteiger partial charge in [-0.3, -0.25) is 9.59 Å². The van der Waals surface area contributed by atoms with Crippen LogP contribution in [0.2, 0.25) is 0 Å². The number of ketones is 1. The van der Waals surface area contributed by atoms with Gasteiger partial charge in [-0.15, -0.1) is 0 Å². The molecule has 1 amide bonds. The van der Waals surface area contributed by atoms with E-state index in [-0.39, 0.29) is 11.3 Å². The molecule has 0 bridgehead atoms. The molecule has 2 aromatic carbocycles. The number of hydrogen-bond donors (Lipinski definition) is 1. The molecule has 1 unspecified atom stereocenters. The van der Waals surface area contributed by atoms with Gasteiger partial charge >= 0.3 is 0 Å². The van der Waals surface area contributed by atoms with E-state index in [9.17, 15) is 14.7 Å². The Morgan fingerprint density at radius 2 is 1.62 bits per heavy atom. The van der Waals surface area contributed by atoms with Crippen LogP contribution in [-0.4, -0.2) is 67.9 Å². The van der Waals surface area contributed by atoms with Crippen LogP contribution < -0.4 is 4.90 Å². The van der Waals surface area contributed by atoms with E-state index in [1.165, 1.54) is 0 Å². The second-order valence-corrected chi connectivity index (χ2v) is 8.93. The SMILES string of the molecule is Cc1ccc(/C(O)=C2/C(=O)C(=O)N(CCCN(C)C)C2c2ccc(N(C)C)cc2)cc1C. The number of aliphatic hydroxyl groups is 1. The predicted molar refractivity (Wildman–Crippen MR) is 129 cm³/mol. The highest BCUT2D eigenvalue weighted by atomic mass is 16.3. The van der Waals surface area contributed by atoms with Crippen LogP contribution in [-0.2, 0) is 9.59 Å². The summed E-state index contributed by atoms with van der Waals surface area (Å²) in [5.41, 5.74) is 4.65. The average molecular weight is 436 g/mol. The van der Waals surface area contributed by atoms with Crippen LogP contribution in [0, 0.1) is 13.8 Å². The van der Waals surface area contributed by atoms with E-state index in [4.69, 9.17) is 0 Å². The van der Waals surface area contributed by atoms with E-state index < -0.39 is 17.7 Å². The minimum atomic E-state index is -0.632. The van der Waals surface area contributed by atoms with Gasteiger partial charge in [0.05, 0.1) is 11.6 Å². The Morgan fingerprint density at radius 1 is 0.969 bits per heavy atom. The molecule has 1 N–H and O–H groups in total. The number of carbonyl (C=O) groups excluding carboxylic acids is 2. The van der Waals surface area contributed by atoms with Crippen molar-refractivity contribution >= 4 is 23.1 Å². The summed E-state index contributed by atoms with van der Waals surface area (Å²) < 4.78 is 0. The Hall–Kier alpha value is -3.12. The molecule has 3 rings (SSSR count). The van der Waals surface area contributed by atoms with E-state index >= 15 is 0 Å². The van der Waals surface area contributed by atoms with Gasteiger partial charge in [0.2, 0.25) is 0 Å². The summed E-state index contributed by atoms with van der Waals surface area (Å²) in [7, 11) is 7.88. The second-order valence-electron chi connectivity index (χ2n) is 8.93. The number of aliphatic hydroxyl groups excluding tert-OH is 1. The number of anilines is 1. The lowest BCUT2D eigenvalue weighted by molar-refractivity contribution is -0.139. The number of amides is 1. The zero-order valence-electron chi connectivity index (χ0n) is 19.8. The summed E-state index contributed by atoms with van der Waals surface area (Å²) in [6.07, 6.45) is 0.732. The van der Waals surface area contributed by atoms with Crippen LogP contribution in [0.3, 0.4) is 0 Å². The molecule has 1 aliphatic rings. The van der Waals surface area contributed by atoms with Gasteiger partial charge in [-0.2, -0.15) is 0 Å². The standard InChI is InChI=1S/C26H33N3O3/c1-17-8-9-20(16-18(17)2)24(30)22-23(19-10-12-21(13-11-19)28(5)6)29(26(32)25(22)31)15-7-14-27(3)4/h8-13,16,23,30H,7,14-15H2,1-6H3/b24-22-.